The van der Waals surface area contributed by atoms with Crippen LogP contribution in [0.5, 0.6) is 0 Å². The fourth-order valence-corrected chi connectivity index (χ4v) is 6.88. The van der Waals surface area contributed by atoms with E-state index >= 15 is 0 Å². The van der Waals surface area contributed by atoms with Gasteiger partial charge in [-0.15, -0.1) is 33.2 Å². The summed E-state index contributed by atoms with van der Waals surface area (Å²) in [5.41, 5.74) is 4.85. The van der Waals surface area contributed by atoms with Gasteiger partial charge in [-0.05, 0) is 39.4 Å². The van der Waals surface area contributed by atoms with E-state index in [1.165, 1.54) is 33.0 Å². The average molecular weight is 364 g/mol. The van der Waals surface area contributed by atoms with Crippen LogP contribution in [0, 0.1) is 0 Å². The third-order valence-corrected chi connectivity index (χ3v) is 7.69. The average Bonchev–Trinajstić information content (AvgIpc) is 2.51. The van der Waals surface area contributed by atoms with Crippen molar-refractivity contribution in [1.29, 1.82) is 0 Å². The van der Waals surface area contributed by atoms with Crippen LogP contribution in [0.15, 0.2) is 60.7 Å². The minimum Gasteiger partial charge on any atom is -0.125 e. The molecule has 0 aromatic heterocycles. The van der Waals surface area contributed by atoms with Gasteiger partial charge in [-0.2, -0.15) is 0 Å². The molecule has 0 bridgehead atoms. The van der Waals surface area contributed by atoms with Gasteiger partial charge >= 0.3 is 6.00 Å². The molecule has 1 aliphatic rings. The van der Waals surface area contributed by atoms with Gasteiger partial charge < -0.3 is 0 Å². The van der Waals surface area contributed by atoms with Crippen molar-refractivity contribution in [2.45, 2.75) is 12.0 Å². The van der Waals surface area contributed by atoms with Gasteiger partial charge in [0.05, 0.1) is 0 Å². The van der Waals surface area contributed by atoms with E-state index in [9.17, 15) is 0 Å². The summed E-state index contributed by atoms with van der Waals surface area (Å²) in [7, 11) is 0. The lowest BCUT2D eigenvalue weighted by molar-refractivity contribution is 0.978. The summed E-state index contributed by atoms with van der Waals surface area (Å²) in [4.78, 5) is 0. The Bertz CT molecular complexity index is 868. The Balaban J connectivity index is 2.05. The minimum absolute atomic E-state index is 0.0953. The van der Waals surface area contributed by atoms with E-state index < -0.39 is 6.00 Å². The first kappa shape index (κ1) is 14.6. The second-order valence-electron chi connectivity index (χ2n) is 5.70. The van der Waals surface area contributed by atoms with Crippen LogP contribution in [-0.4, -0.2) is 6.00 Å². The van der Waals surface area contributed by atoms with E-state index in [4.69, 9.17) is 33.2 Å². The molecule has 0 nitrogen and oxygen atoms in total. The largest absolute Gasteiger partial charge is 0.352 e. The molecule has 4 rings (SSSR count). The minimum atomic E-state index is -2.93. The van der Waals surface area contributed by atoms with Crippen LogP contribution in [0.4, 0.5) is 0 Å². The predicted molar refractivity (Wildman–Crippen MR) is 98.4 cm³/mol. The fourth-order valence-electron chi connectivity index (χ4n) is 3.51. The zero-order valence-corrected chi connectivity index (χ0v) is 15.0. The molecular weight excluding hydrogens is 351 g/mol. The summed E-state index contributed by atoms with van der Waals surface area (Å²) in [6.45, 7) is 0. The van der Waals surface area contributed by atoms with Gasteiger partial charge in [-0.3, -0.25) is 0 Å². The van der Waals surface area contributed by atoms with Crippen molar-refractivity contribution >= 4 is 50.0 Å². The summed E-state index contributed by atoms with van der Waals surface area (Å²) in [5.74, 6) is 0. The Morgan fingerprint density at radius 3 is 2.32 bits per heavy atom. The van der Waals surface area contributed by atoms with Gasteiger partial charge in [0, 0.05) is 5.54 Å². The Hall–Kier alpha value is -0.993. The van der Waals surface area contributed by atoms with Crippen molar-refractivity contribution in [3.05, 3.63) is 82.9 Å². The third-order valence-electron chi connectivity index (χ3n) is 4.45. The number of benzene rings is 3. The highest BCUT2D eigenvalue weighted by Crippen LogP contribution is 2.48. The fraction of sp³-hybridized carbons (Fsp3) is 0.111. The zero-order chi connectivity index (χ0) is 15.3. The molecule has 0 amide bonds. The number of hydrogen-bond acceptors (Lipinski definition) is 0. The maximum atomic E-state index is 6.49. The molecule has 4 heteroatoms. The van der Waals surface area contributed by atoms with Gasteiger partial charge in [0.2, 0.25) is 0 Å². The quantitative estimate of drug-likeness (QED) is 0.363. The molecule has 0 spiro atoms. The van der Waals surface area contributed by atoms with Crippen molar-refractivity contribution in [1.82, 2.24) is 0 Å². The Labute approximate surface area is 144 Å². The highest BCUT2D eigenvalue weighted by Gasteiger charge is 2.43. The van der Waals surface area contributed by atoms with Crippen molar-refractivity contribution in [2.24, 2.45) is 0 Å². The Morgan fingerprint density at radius 2 is 1.50 bits per heavy atom. The number of fused-ring (bicyclic) bond motifs is 4. The topological polar surface area (TPSA) is 0 Å². The lowest BCUT2D eigenvalue weighted by Crippen LogP contribution is -2.29. The van der Waals surface area contributed by atoms with Crippen LogP contribution in [0.1, 0.15) is 27.8 Å². The summed E-state index contributed by atoms with van der Waals surface area (Å²) < 4.78 is 0. The molecule has 0 radical (unpaired) electrons. The first-order valence-corrected chi connectivity index (χ1v) is 12.3. The van der Waals surface area contributed by atoms with Crippen molar-refractivity contribution < 1.29 is 0 Å². The molecule has 0 heterocycles. The Morgan fingerprint density at radius 1 is 0.773 bits per heavy atom. The molecule has 3 aromatic carbocycles. The van der Waals surface area contributed by atoms with Crippen LogP contribution < -0.4 is 0 Å². The van der Waals surface area contributed by atoms with Gasteiger partial charge in [0.1, 0.15) is 0 Å². The van der Waals surface area contributed by atoms with E-state index in [-0.39, 0.29) is 5.54 Å². The summed E-state index contributed by atoms with van der Waals surface area (Å²) >= 11 is 19.5. The smallest absolute Gasteiger partial charge is 0.125 e. The molecular formula is C18H13Cl3Si. The number of halogens is 3. The molecule has 1 aliphatic carbocycles. The highest BCUT2D eigenvalue weighted by molar-refractivity contribution is 7.65. The number of hydrogen-bond donors (Lipinski definition) is 0. The third kappa shape index (κ3) is 2.28. The van der Waals surface area contributed by atoms with Crippen LogP contribution >= 0.6 is 33.2 Å². The van der Waals surface area contributed by atoms with Gasteiger partial charge in [-0.25, -0.2) is 0 Å². The molecule has 0 saturated carbocycles. The van der Waals surface area contributed by atoms with Crippen LogP contribution in [-0.2, 0) is 6.42 Å². The molecule has 0 saturated heterocycles. The van der Waals surface area contributed by atoms with Gasteiger partial charge in [-0.1, -0.05) is 60.7 Å². The van der Waals surface area contributed by atoms with Gasteiger partial charge in [0.25, 0.3) is 0 Å². The lowest BCUT2D eigenvalue weighted by Gasteiger charge is -2.32. The molecule has 0 fully saturated rings. The monoisotopic (exact) mass is 362 g/mol. The van der Waals surface area contributed by atoms with Crippen molar-refractivity contribution in [2.75, 3.05) is 0 Å². The molecule has 22 heavy (non-hydrogen) atoms. The number of rotatable bonds is 1. The molecule has 1 unspecified atom stereocenters. The summed E-state index contributed by atoms with van der Waals surface area (Å²) in [6.07, 6.45) is 0.901. The first-order chi connectivity index (χ1) is 10.6. The van der Waals surface area contributed by atoms with Crippen LogP contribution in [0.25, 0.3) is 10.8 Å². The van der Waals surface area contributed by atoms with E-state index in [2.05, 4.69) is 54.6 Å². The van der Waals surface area contributed by atoms with E-state index in [1.54, 1.807) is 0 Å². The standard InChI is InChI=1S/C18H13Cl3Si/c19-22(20,21)18-15-8-4-2-6-13(15)11-17-14-7-3-1-5-12(14)9-10-16(17)18/h1-10,18H,11H2. The molecule has 1 atom stereocenters. The second kappa shape index (κ2) is 5.28. The van der Waals surface area contributed by atoms with Crippen LogP contribution in [0.3, 0.4) is 0 Å². The SMILES string of the molecule is Cl[Si](Cl)(Cl)C1c2ccccc2Cc2c1ccc1ccccc21. The second-order valence-corrected chi connectivity index (χ2v) is 14.5. The molecule has 0 aliphatic heterocycles. The molecule has 3 aromatic rings. The highest BCUT2D eigenvalue weighted by atomic mass is 35.8. The Kier molecular flexibility index (Phi) is 3.50. The van der Waals surface area contributed by atoms with E-state index in [0.29, 0.717) is 0 Å². The van der Waals surface area contributed by atoms with E-state index in [0.717, 1.165) is 6.42 Å². The zero-order valence-electron chi connectivity index (χ0n) is 11.7. The maximum absolute atomic E-state index is 6.49. The summed E-state index contributed by atoms with van der Waals surface area (Å²) in [5, 5.41) is 2.51. The first-order valence-electron chi connectivity index (χ1n) is 7.21. The van der Waals surface area contributed by atoms with Crippen molar-refractivity contribution in [3.8, 4) is 0 Å². The predicted octanol–water partition coefficient (Wildman–Crippen LogP) is 6.07. The molecule has 110 valence electrons. The van der Waals surface area contributed by atoms with Crippen molar-refractivity contribution in [3.63, 3.8) is 0 Å². The normalized spacial score (nSPS) is 17.1. The van der Waals surface area contributed by atoms with E-state index in [1.807, 2.05) is 6.07 Å². The molecule has 0 N–H and O–H groups in total. The summed E-state index contributed by atoms with van der Waals surface area (Å²) in [6, 6.07) is 18.1. The van der Waals surface area contributed by atoms with Crippen LogP contribution in [0.2, 0.25) is 0 Å². The lowest BCUT2D eigenvalue weighted by atomic mass is 9.83. The van der Waals surface area contributed by atoms with Gasteiger partial charge in [0.15, 0.2) is 0 Å². The maximum Gasteiger partial charge on any atom is 0.352 e.